The zero-order chi connectivity index (χ0) is 14.7. The second kappa shape index (κ2) is 6.33. The van der Waals surface area contributed by atoms with Crippen molar-refractivity contribution in [1.29, 1.82) is 0 Å². The fourth-order valence-electron chi connectivity index (χ4n) is 3.83. The van der Waals surface area contributed by atoms with E-state index < -0.39 is 0 Å². The van der Waals surface area contributed by atoms with Crippen molar-refractivity contribution in [3.8, 4) is 0 Å². The molecule has 0 saturated carbocycles. The van der Waals surface area contributed by atoms with Crippen molar-refractivity contribution in [3.05, 3.63) is 47.5 Å². The summed E-state index contributed by atoms with van der Waals surface area (Å²) in [5.41, 5.74) is 3.78. The predicted octanol–water partition coefficient (Wildman–Crippen LogP) is 4.24. The zero-order valence-corrected chi connectivity index (χ0v) is 13.1. The largest absolute Gasteiger partial charge is 0.381 e. The smallest absolute Gasteiger partial charge is 0.0989 e. The lowest BCUT2D eigenvalue weighted by molar-refractivity contribution is -0.0919. The van der Waals surface area contributed by atoms with Crippen molar-refractivity contribution in [2.24, 2.45) is 5.92 Å². The Morgan fingerprint density at radius 2 is 2.24 bits per heavy atom. The summed E-state index contributed by atoms with van der Waals surface area (Å²) in [7, 11) is 0. The fourth-order valence-corrected chi connectivity index (χ4v) is 3.83. The van der Waals surface area contributed by atoms with E-state index in [9.17, 15) is 0 Å². The number of hydrogen-bond donors (Lipinski definition) is 0. The molecule has 2 atom stereocenters. The van der Waals surface area contributed by atoms with Crippen LogP contribution in [0.4, 0.5) is 0 Å². The summed E-state index contributed by atoms with van der Waals surface area (Å²) in [6.45, 7) is 8.40. The van der Waals surface area contributed by atoms with Gasteiger partial charge in [0.1, 0.15) is 0 Å². The minimum absolute atomic E-state index is 0.178. The van der Waals surface area contributed by atoms with Crippen LogP contribution in [-0.2, 0) is 21.5 Å². The molecule has 0 radical (unpaired) electrons. The highest BCUT2D eigenvalue weighted by atomic mass is 16.5. The van der Waals surface area contributed by atoms with Crippen molar-refractivity contribution in [1.82, 2.24) is 0 Å². The third-order valence-electron chi connectivity index (χ3n) is 4.88. The second-order valence-corrected chi connectivity index (χ2v) is 6.56. The van der Waals surface area contributed by atoms with E-state index in [1.165, 1.54) is 30.4 Å². The molecule has 1 aromatic rings. The van der Waals surface area contributed by atoms with Gasteiger partial charge in [0.25, 0.3) is 0 Å². The van der Waals surface area contributed by atoms with Crippen molar-refractivity contribution < 1.29 is 9.47 Å². The van der Waals surface area contributed by atoms with Gasteiger partial charge in [0.15, 0.2) is 0 Å². The molecular weight excluding hydrogens is 260 g/mol. The van der Waals surface area contributed by atoms with E-state index in [1.807, 2.05) is 6.92 Å². The van der Waals surface area contributed by atoms with Crippen LogP contribution in [0.2, 0.25) is 0 Å². The molecule has 0 bridgehead atoms. The quantitative estimate of drug-likeness (QED) is 0.609. The highest BCUT2D eigenvalue weighted by molar-refractivity contribution is 5.35. The molecule has 0 spiro atoms. The third kappa shape index (κ3) is 2.93. The third-order valence-corrected chi connectivity index (χ3v) is 4.88. The highest BCUT2D eigenvalue weighted by Gasteiger charge is 2.44. The van der Waals surface area contributed by atoms with Crippen molar-refractivity contribution in [3.63, 3.8) is 0 Å². The Morgan fingerprint density at radius 1 is 1.38 bits per heavy atom. The van der Waals surface area contributed by atoms with Crippen molar-refractivity contribution >= 4 is 0 Å². The molecule has 2 aliphatic rings. The molecule has 21 heavy (non-hydrogen) atoms. The van der Waals surface area contributed by atoms with E-state index in [1.54, 1.807) is 0 Å². The Bertz CT molecular complexity index is 502. The van der Waals surface area contributed by atoms with Gasteiger partial charge in [-0.25, -0.2) is 0 Å². The Labute approximate surface area is 128 Å². The summed E-state index contributed by atoms with van der Waals surface area (Å²) in [6, 6.07) is 8.85. The molecule has 1 fully saturated rings. The average molecular weight is 286 g/mol. The molecule has 1 aliphatic carbocycles. The number of aryl methyl sites for hydroxylation is 1. The maximum absolute atomic E-state index is 6.54. The first-order valence-electron chi connectivity index (χ1n) is 8.17. The van der Waals surface area contributed by atoms with Crippen LogP contribution in [0.3, 0.4) is 0 Å². The maximum atomic E-state index is 6.54. The molecule has 0 aromatic heterocycles. The molecule has 2 unspecified atom stereocenters. The Hall–Kier alpha value is -1.12. The first kappa shape index (κ1) is 14.8. The SMILES string of the molecule is C=C(C)COC1(C2CCOC2)CCCCc2ccccc21. The normalized spacial score (nSPS) is 28.9. The van der Waals surface area contributed by atoms with Crippen LogP contribution in [0.5, 0.6) is 0 Å². The van der Waals surface area contributed by atoms with Gasteiger partial charge in [0.05, 0.1) is 18.8 Å². The summed E-state index contributed by atoms with van der Waals surface area (Å²) in [6.07, 6.45) is 5.85. The topological polar surface area (TPSA) is 18.5 Å². The summed E-state index contributed by atoms with van der Waals surface area (Å²) in [5.74, 6) is 0.469. The van der Waals surface area contributed by atoms with Gasteiger partial charge < -0.3 is 9.47 Å². The molecule has 3 rings (SSSR count). The van der Waals surface area contributed by atoms with Crippen LogP contribution in [0.1, 0.15) is 43.7 Å². The van der Waals surface area contributed by atoms with Crippen molar-refractivity contribution in [2.45, 2.75) is 44.6 Å². The summed E-state index contributed by atoms with van der Waals surface area (Å²) >= 11 is 0. The lowest BCUT2D eigenvalue weighted by atomic mass is 9.76. The number of fused-ring (bicyclic) bond motifs is 1. The number of ether oxygens (including phenoxy) is 2. The van der Waals surface area contributed by atoms with Crippen LogP contribution < -0.4 is 0 Å². The van der Waals surface area contributed by atoms with E-state index in [4.69, 9.17) is 9.47 Å². The lowest BCUT2D eigenvalue weighted by Gasteiger charge is -2.39. The highest BCUT2D eigenvalue weighted by Crippen LogP contribution is 2.46. The van der Waals surface area contributed by atoms with E-state index >= 15 is 0 Å². The molecule has 1 heterocycles. The van der Waals surface area contributed by atoms with E-state index in [2.05, 4.69) is 30.8 Å². The van der Waals surface area contributed by atoms with Gasteiger partial charge in [-0.3, -0.25) is 0 Å². The number of hydrogen-bond acceptors (Lipinski definition) is 2. The van der Waals surface area contributed by atoms with E-state index in [-0.39, 0.29) is 5.60 Å². The molecule has 2 heteroatoms. The van der Waals surface area contributed by atoms with Gasteiger partial charge in [-0.05, 0) is 50.2 Å². The van der Waals surface area contributed by atoms with Gasteiger partial charge in [-0.2, -0.15) is 0 Å². The van der Waals surface area contributed by atoms with Gasteiger partial charge in [0, 0.05) is 12.5 Å². The number of benzene rings is 1. The van der Waals surface area contributed by atoms with Crippen LogP contribution in [0, 0.1) is 5.92 Å². The van der Waals surface area contributed by atoms with Crippen LogP contribution in [0.25, 0.3) is 0 Å². The molecule has 0 N–H and O–H groups in total. The maximum Gasteiger partial charge on any atom is 0.0989 e. The average Bonchev–Trinajstić information content (AvgIpc) is 2.96. The number of rotatable bonds is 4. The first-order chi connectivity index (χ1) is 10.2. The summed E-state index contributed by atoms with van der Waals surface area (Å²) in [5, 5.41) is 0. The summed E-state index contributed by atoms with van der Waals surface area (Å²) in [4.78, 5) is 0. The van der Waals surface area contributed by atoms with E-state index in [0.29, 0.717) is 12.5 Å². The Balaban J connectivity index is 2.02. The van der Waals surface area contributed by atoms with Crippen LogP contribution in [0.15, 0.2) is 36.4 Å². The standard InChI is InChI=1S/C19H26O2/c1-15(2)13-21-19(17-10-12-20-14-17)11-6-5-8-16-7-3-4-9-18(16)19/h3-4,7,9,17H,1,5-6,8,10-14H2,2H3. The van der Waals surface area contributed by atoms with Gasteiger partial charge in [-0.15, -0.1) is 0 Å². The van der Waals surface area contributed by atoms with Crippen molar-refractivity contribution in [2.75, 3.05) is 19.8 Å². The van der Waals surface area contributed by atoms with E-state index in [0.717, 1.165) is 31.6 Å². The molecule has 1 saturated heterocycles. The van der Waals surface area contributed by atoms with Gasteiger partial charge in [-0.1, -0.05) is 36.4 Å². The van der Waals surface area contributed by atoms with Crippen LogP contribution in [-0.4, -0.2) is 19.8 Å². The monoisotopic (exact) mass is 286 g/mol. The molecule has 0 amide bonds. The molecule has 1 aliphatic heterocycles. The lowest BCUT2D eigenvalue weighted by Crippen LogP contribution is -2.39. The first-order valence-corrected chi connectivity index (χ1v) is 8.17. The van der Waals surface area contributed by atoms with Crippen LogP contribution >= 0.6 is 0 Å². The fraction of sp³-hybridized carbons (Fsp3) is 0.579. The van der Waals surface area contributed by atoms with Gasteiger partial charge >= 0.3 is 0 Å². The molecular formula is C19H26O2. The Morgan fingerprint density at radius 3 is 3.00 bits per heavy atom. The Kier molecular flexibility index (Phi) is 4.46. The zero-order valence-electron chi connectivity index (χ0n) is 13.1. The summed E-state index contributed by atoms with van der Waals surface area (Å²) < 4.78 is 12.2. The minimum Gasteiger partial charge on any atom is -0.381 e. The molecule has 114 valence electrons. The molecule has 1 aromatic carbocycles. The minimum atomic E-state index is -0.178. The predicted molar refractivity (Wildman–Crippen MR) is 85.4 cm³/mol. The molecule has 2 nitrogen and oxygen atoms in total. The van der Waals surface area contributed by atoms with Gasteiger partial charge in [0.2, 0.25) is 0 Å². The second-order valence-electron chi connectivity index (χ2n) is 6.56.